The molecule has 0 amide bonds. The lowest BCUT2D eigenvalue weighted by Gasteiger charge is -2.32. The van der Waals surface area contributed by atoms with Gasteiger partial charge in [-0.15, -0.1) is 5.10 Å². The van der Waals surface area contributed by atoms with E-state index in [2.05, 4.69) is 36.8 Å². The quantitative estimate of drug-likeness (QED) is 0.401. The average molecular weight is 525 g/mol. The zero-order chi connectivity index (χ0) is 26.3. The molecule has 0 aromatic carbocycles. The van der Waals surface area contributed by atoms with E-state index in [0.29, 0.717) is 33.7 Å². The first-order valence-corrected chi connectivity index (χ1v) is 13.5. The van der Waals surface area contributed by atoms with E-state index in [0.717, 1.165) is 16.2 Å². The van der Waals surface area contributed by atoms with Crippen LogP contribution in [0.1, 0.15) is 31.9 Å². The van der Waals surface area contributed by atoms with Crippen molar-refractivity contribution in [1.29, 1.82) is 5.26 Å². The Kier molecular flexibility index (Phi) is 6.34. The topological polar surface area (TPSA) is 148 Å². The van der Waals surface area contributed by atoms with Gasteiger partial charge < -0.3 is 5.32 Å². The van der Waals surface area contributed by atoms with E-state index in [1.165, 1.54) is 10.9 Å². The molecule has 0 bridgehead atoms. The minimum atomic E-state index is -3.45. The Morgan fingerprint density at radius 2 is 2.03 bits per heavy atom. The molecular formula is C23H25FN10O2S. The first-order valence-electron chi connectivity index (χ1n) is 11.7. The highest BCUT2D eigenvalue weighted by atomic mass is 32.2. The molecule has 1 N–H and O–H groups in total. The van der Waals surface area contributed by atoms with Crippen LogP contribution in [0, 0.1) is 11.3 Å². The maximum atomic E-state index is 14.9. The predicted octanol–water partition coefficient (Wildman–Crippen LogP) is 2.31. The van der Waals surface area contributed by atoms with Crippen LogP contribution < -0.4 is 5.32 Å². The molecule has 0 unspecified atom stereocenters. The maximum Gasteiger partial charge on any atom is 0.211 e. The predicted molar refractivity (Wildman–Crippen MR) is 134 cm³/mol. The van der Waals surface area contributed by atoms with Crippen molar-refractivity contribution >= 4 is 26.7 Å². The summed E-state index contributed by atoms with van der Waals surface area (Å²) in [5.41, 5.74) is 2.91. The fourth-order valence-electron chi connectivity index (χ4n) is 4.37. The van der Waals surface area contributed by atoms with E-state index in [1.807, 2.05) is 19.9 Å². The number of hydrogen-bond acceptors (Lipinski definition) is 9. The van der Waals surface area contributed by atoms with Crippen molar-refractivity contribution in [3.8, 4) is 23.1 Å². The second kappa shape index (κ2) is 9.49. The summed E-state index contributed by atoms with van der Waals surface area (Å²) in [5.74, 6) is 0.517. The number of piperidine rings is 1. The van der Waals surface area contributed by atoms with Crippen molar-refractivity contribution in [2.75, 3.05) is 24.7 Å². The summed E-state index contributed by atoms with van der Waals surface area (Å²) in [5, 5.41) is 26.0. The van der Waals surface area contributed by atoms with Crippen LogP contribution in [0.4, 0.5) is 10.1 Å². The standard InChI is InChI=1S/C23H25FN10O2S/c1-14(2)29-19-7-22(34-23-16(10-28-34)6-15(8-25)9-27-23)26-11-17(19)20-13-33(31-30-20)21-4-5-32(12-18(21)24)37(3,35)36/h6-7,9-11,13-14,18,21H,4-5,12H2,1-3H3,(H,26,29)/t18-,21-/m1/s1. The first-order chi connectivity index (χ1) is 17.6. The van der Waals surface area contributed by atoms with Gasteiger partial charge >= 0.3 is 0 Å². The van der Waals surface area contributed by atoms with E-state index in [4.69, 9.17) is 5.26 Å². The highest BCUT2D eigenvalue weighted by molar-refractivity contribution is 7.88. The van der Waals surface area contributed by atoms with Crippen molar-refractivity contribution in [2.24, 2.45) is 0 Å². The molecule has 4 aromatic heterocycles. The number of fused-ring (bicyclic) bond motifs is 1. The van der Waals surface area contributed by atoms with E-state index in [9.17, 15) is 12.8 Å². The second-order valence-electron chi connectivity index (χ2n) is 9.27. The Bertz CT molecular complexity index is 1610. The van der Waals surface area contributed by atoms with Gasteiger partial charge in [0.15, 0.2) is 11.5 Å². The Labute approximate surface area is 212 Å². The summed E-state index contributed by atoms with van der Waals surface area (Å²) < 4.78 is 42.7. The monoisotopic (exact) mass is 524 g/mol. The Morgan fingerprint density at radius 1 is 1.22 bits per heavy atom. The van der Waals surface area contributed by atoms with Gasteiger partial charge in [0.05, 0.1) is 30.3 Å². The van der Waals surface area contributed by atoms with Crippen molar-refractivity contribution in [2.45, 2.75) is 38.5 Å². The molecule has 14 heteroatoms. The largest absolute Gasteiger partial charge is 0.382 e. The van der Waals surface area contributed by atoms with Gasteiger partial charge in [-0.25, -0.2) is 27.5 Å². The molecule has 0 spiro atoms. The fraction of sp³-hybridized carbons (Fsp3) is 0.391. The third-order valence-electron chi connectivity index (χ3n) is 6.15. The van der Waals surface area contributed by atoms with Crippen LogP contribution in [0.2, 0.25) is 0 Å². The van der Waals surface area contributed by atoms with Crippen molar-refractivity contribution in [1.82, 2.24) is 39.0 Å². The molecule has 5 heterocycles. The van der Waals surface area contributed by atoms with Gasteiger partial charge in [0, 0.05) is 54.2 Å². The first kappa shape index (κ1) is 24.7. The number of pyridine rings is 2. The van der Waals surface area contributed by atoms with Crippen LogP contribution in [-0.2, 0) is 10.0 Å². The van der Waals surface area contributed by atoms with Crippen LogP contribution in [0.25, 0.3) is 28.1 Å². The van der Waals surface area contributed by atoms with Crippen LogP contribution in [0.3, 0.4) is 0 Å². The van der Waals surface area contributed by atoms with Crippen LogP contribution in [0.5, 0.6) is 0 Å². The lowest BCUT2D eigenvalue weighted by Crippen LogP contribution is -2.45. The van der Waals surface area contributed by atoms with Gasteiger partial charge in [-0.3, -0.25) is 0 Å². The number of halogens is 1. The molecule has 1 fully saturated rings. The number of nitrogens with zero attached hydrogens (tertiary/aromatic N) is 9. The molecule has 2 atom stereocenters. The molecule has 0 radical (unpaired) electrons. The van der Waals surface area contributed by atoms with E-state index in [-0.39, 0.29) is 25.6 Å². The number of rotatable bonds is 6. The van der Waals surface area contributed by atoms with Crippen LogP contribution >= 0.6 is 0 Å². The highest BCUT2D eigenvalue weighted by Gasteiger charge is 2.35. The summed E-state index contributed by atoms with van der Waals surface area (Å²) in [6.07, 6.45) is 6.38. The minimum Gasteiger partial charge on any atom is -0.382 e. The molecule has 0 aliphatic carbocycles. The molecular weight excluding hydrogens is 499 g/mol. The fourth-order valence-corrected chi connectivity index (χ4v) is 5.22. The smallest absolute Gasteiger partial charge is 0.211 e. The minimum absolute atomic E-state index is 0.0882. The summed E-state index contributed by atoms with van der Waals surface area (Å²) in [7, 11) is -3.45. The zero-order valence-corrected chi connectivity index (χ0v) is 21.3. The molecule has 4 aromatic rings. The van der Waals surface area contributed by atoms with Crippen LogP contribution in [0.15, 0.2) is 36.9 Å². The van der Waals surface area contributed by atoms with Crippen molar-refractivity contribution in [3.05, 3.63) is 42.5 Å². The summed E-state index contributed by atoms with van der Waals surface area (Å²) in [6.45, 7) is 4.00. The second-order valence-corrected chi connectivity index (χ2v) is 11.3. The number of anilines is 1. The number of hydrogen-bond donors (Lipinski definition) is 1. The molecule has 37 heavy (non-hydrogen) atoms. The molecule has 1 aliphatic heterocycles. The number of sulfonamides is 1. The maximum absolute atomic E-state index is 14.9. The zero-order valence-electron chi connectivity index (χ0n) is 20.4. The Morgan fingerprint density at radius 3 is 2.73 bits per heavy atom. The van der Waals surface area contributed by atoms with Crippen molar-refractivity contribution in [3.63, 3.8) is 0 Å². The number of aromatic nitrogens is 7. The van der Waals surface area contributed by atoms with Gasteiger partial charge in [0.1, 0.15) is 17.9 Å². The number of nitrogens with one attached hydrogen (secondary N) is 1. The van der Waals surface area contributed by atoms with Gasteiger partial charge in [0.25, 0.3) is 0 Å². The van der Waals surface area contributed by atoms with Gasteiger partial charge in [-0.05, 0) is 26.3 Å². The molecule has 1 aliphatic rings. The average Bonchev–Trinajstić information content (AvgIpc) is 3.50. The van der Waals surface area contributed by atoms with E-state index < -0.39 is 22.2 Å². The lowest BCUT2D eigenvalue weighted by molar-refractivity contribution is 0.128. The third kappa shape index (κ3) is 4.87. The number of alkyl halides is 1. The molecule has 1 saturated heterocycles. The summed E-state index contributed by atoms with van der Waals surface area (Å²) in [4.78, 5) is 8.92. The normalized spacial score (nSPS) is 18.8. The van der Waals surface area contributed by atoms with E-state index in [1.54, 1.807) is 29.3 Å². The Balaban J connectivity index is 1.47. The van der Waals surface area contributed by atoms with Gasteiger partial charge in [-0.2, -0.15) is 19.3 Å². The van der Waals surface area contributed by atoms with Gasteiger partial charge in [-0.1, -0.05) is 5.21 Å². The third-order valence-corrected chi connectivity index (χ3v) is 7.42. The molecule has 12 nitrogen and oxygen atoms in total. The highest BCUT2D eigenvalue weighted by Crippen LogP contribution is 2.31. The molecule has 5 rings (SSSR count). The summed E-state index contributed by atoms with van der Waals surface area (Å²) in [6, 6.07) is 5.07. The van der Waals surface area contributed by atoms with Crippen molar-refractivity contribution < 1.29 is 12.8 Å². The summed E-state index contributed by atoms with van der Waals surface area (Å²) >= 11 is 0. The lowest BCUT2D eigenvalue weighted by atomic mass is 10.1. The molecule has 0 saturated carbocycles. The molecule has 192 valence electrons. The SMILES string of the molecule is CC(C)Nc1cc(-n2ncc3cc(C#N)cnc32)ncc1-c1cn([C@@H]2CCN(S(C)(=O)=O)C[C@H]2F)nn1. The van der Waals surface area contributed by atoms with E-state index >= 15 is 0 Å². The number of nitriles is 1. The van der Waals surface area contributed by atoms with Gasteiger partial charge in [0.2, 0.25) is 10.0 Å². The van der Waals surface area contributed by atoms with Crippen LogP contribution in [-0.4, -0.2) is 79.0 Å². The Hall–Kier alpha value is -3.96.